The van der Waals surface area contributed by atoms with Crippen LogP contribution in [0.25, 0.3) is 0 Å². The number of amides is 1. The van der Waals surface area contributed by atoms with Crippen molar-refractivity contribution < 1.29 is 13.6 Å². The average Bonchev–Trinajstić information content (AvgIpc) is 3.05. The Kier molecular flexibility index (Phi) is 4.25. The molecular weight excluding hydrogens is 352 g/mol. The molecular formula is C20H21F2N3O2. The quantitative estimate of drug-likeness (QED) is 0.830. The molecule has 0 saturated carbocycles. The molecule has 2 aromatic rings. The summed E-state index contributed by atoms with van der Waals surface area (Å²) in [5.74, 6) is -1.55. The van der Waals surface area contributed by atoms with Crippen molar-refractivity contribution in [2.24, 2.45) is 13.0 Å². The molecule has 0 N–H and O–H groups in total. The summed E-state index contributed by atoms with van der Waals surface area (Å²) >= 11 is 0. The molecule has 1 amide bonds. The number of carbonyl (C=O) groups excluding carboxylic acids is 1. The molecule has 142 valence electrons. The van der Waals surface area contributed by atoms with Gasteiger partial charge in [-0.05, 0) is 30.2 Å². The van der Waals surface area contributed by atoms with Crippen molar-refractivity contribution in [3.63, 3.8) is 0 Å². The highest BCUT2D eigenvalue weighted by molar-refractivity contribution is 5.77. The summed E-state index contributed by atoms with van der Waals surface area (Å²) < 4.78 is 28.8. The van der Waals surface area contributed by atoms with Gasteiger partial charge in [0, 0.05) is 50.8 Å². The largest absolute Gasteiger partial charge is 0.368 e. The number of fused-ring (bicyclic) bond motifs is 1. The molecule has 7 heteroatoms. The van der Waals surface area contributed by atoms with Crippen LogP contribution in [0.15, 0.2) is 29.1 Å². The molecule has 27 heavy (non-hydrogen) atoms. The van der Waals surface area contributed by atoms with E-state index in [-0.39, 0.29) is 23.1 Å². The van der Waals surface area contributed by atoms with E-state index in [2.05, 4.69) is 0 Å². The molecule has 0 atom stereocenters. The van der Waals surface area contributed by atoms with Crippen molar-refractivity contribution in [3.8, 4) is 0 Å². The van der Waals surface area contributed by atoms with Crippen molar-refractivity contribution in [1.82, 2.24) is 9.47 Å². The summed E-state index contributed by atoms with van der Waals surface area (Å²) in [5, 5.41) is 0. The fourth-order valence-corrected chi connectivity index (χ4v) is 3.96. The number of aromatic nitrogens is 1. The van der Waals surface area contributed by atoms with E-state index in [1.54, 1.807) is 33.5 Å². The lowest BCUT2D eigenvalue weighted by molar-refractivity contribution is -0.133. The van der Waals surface area contributed by atoms with Crippen molar-refractivity contribution in [3.05, 3.63) is 63.1 Å². The van der Waals surface area contributed by atoms with E-state index in [9.17, 15) is 18.4 Å². The van der Waals surface area contributed by atoms with Crippen LogP contribution < -0.4 is 10.5 Å². The molecule has 1 aromatic heterocycles. The van der Waals surface area contributed by atoms with Crippen molar-refractivity contribution in [2.75, 3.05) is 18.0 Å². The first-order valence-corrected chi connectivity index (χ1v) is 9.00. The molecule has 1 saturated heterocycles. The lowest BCUT2D eigenvalue weighted by Crippen LogP contribution is -2.49. The molecule has 4 rings (SSSR count). The Balaban J connectivity index is 1.38. The zero-order valence-corrected chi connectivity index (χ0v) is 15.3. The fraction of sp³-hybridized carbons (Fsp3) is 0.400. The Hall–Kier alpha value is -2.70. The minimum Gasteiger partial charge on any atom is -0.368 e. The molecule has 1 aromatic carbocycles. The number of nitrogens with zero attached hydrogens (tertiary/aromatic N) is 3. The van der Waals surface area contributed by atoms with Gasteiger partial charge in [0.1, 0.15) is 0 Å². The van der Waals surface area contributed by atoms with E-state index in [4.69, 9.17) is 0 Å². The van der Waals surface area contributed by atoms with E-state index < -0.39 is 11.6 Å². The van der Waals surface area contributed by atoms with Gasteiger partial charge in [-0.25, -0.2) is 8.78 Å². The van der Waals surface area contributed by atoms with E-state index in [0.717, 1.165) is 22.9 Å². The zero-order chi connectivity index (χ0) is 19.3. The van der Waals surface area contributed by atoms with Crippen LogP contribution in [-0.2, 0) is 24.9 Å². The smallest absolute Gasteiger partial charge is 0.250 e. The molecule has 0 unspecified atom stereocenters. The van der Waals surface area contributed by atoms with Gasteiger partial charge in [-0.15, -0.1) is 0 Å². The number of halogens is 2. The third kappa shape index (κ3) is 3.01. The van der Waals surface area contributed by atoms with Gasteiger partial charge in [0.05, 0.1) is 12.2 Å². The second kappa shape index (κ2) is 6.48. The van der Waals surface area contributed by atoms with Gasteiger partial charge in [-0.1, -0.05) is 6.07 Å². The SMILES string of the molecule is Cc1cc(=O)n(C)c2c1CN(C(=O)CC1CN(c3cccc(F)c3F)C1)C2. The first-order valence-electron chi connectivity index (χ1n) is 9.00. The summed E-state index contributed by atoms with van der Waals surface area (Å²) in [4.78, 5) is 28.1. The van der Waals surface area contributed by atoms with Crippen LogP contribution in [0.5, 0.6) is 0 Å². The number of rotatable bonds is 3. The Bertz CT molecular complexity index is 980. The molecule has 0 spiro atoms. The van der Waals surface area contributed by atoms with E-state index in [1.807, 2.05) is 6.92 Å². The van der Waals surface area contributed by atoms with Gasteiger partial charge in [0.25, 0.3) is 5.56 Å². The van der Waals surface area contributed by atoms with Crippen LogP contribution in [0.3, 0.4) is 0 Å². The van der Waals surface area contributed by atoms with Gasteiger partial charge in [-0.3, -0.25) is 9.59 Å². The molecule has 0 aliphatic carbocycles. The van der Waals surface area contributed by atoms with E-state index in [1.165, 1.54) is 6.07 Å². The number of carbonyl (C=O) groups is 1. The van der Waals surface area contributed by atoms with Gasteiger partial charge < -0.3 is 14.4 Å². The Morgan fingerprint density at radius 1 is 1.22 bits per heavy atom. The number of hydrogen-bond acceptors (Lipinski definition) is 3. The van der Waals surface area contributed by atoms with E-state index in [0.29, 0.717) is 32.6 Å². The van der Waals surface area contributed by atoms with Crippen LogP contribution in [0.2, 0.25) is 0 Å². The summed E-state index contributed by atoms with van der Waals surface area (Å²) in [6.45, 7) is 3.92. The van der Waals surface area contributed by atoms with Crippen LogP contribution in [0.1, 0.15) is 23.2 Å². The molecule has 0 radical (unpaired) electrons. The molecule has 3 heterocycles. The Morgan fingerprint density at radius 2 is 1.96 bits per heavy atom. The monoisotopic (exact) mass is 373 g/mol. The van der Waals surface area contributed by atoms with Gasteiger partial charge in [0.15, 0.2) is 11.6 Å². The van der Waals surface area contributed by atoms with Crippen molar-refractivity contribution in [2.45, 2.75) is 26.4 Å². The lowest BCUT2D eigenvalue weighted by atomic mass is 9.94. The van der Waals surface area contributed by atoms with Gasteiger partial charge in [-0.2, -0.15) is 0 Å². The second-order valence-electron chi connectivity index (χ2n) is 7.45. The number of benzene rings is 1. The molecule has 0 bridgehead atoms. The predicted octanol–water partition coefficient (Wildman–Crippen LogP) is 2.34. The number of anilines is 1. The standard InChI is InChI=1S/C20H21F2N3O2/c1-12-6-18(26)23(2)17-11-25(10-14(12)17)19(27)7-13-8-24(9-13)16-5-3-4-15(21)20(16)22/h3-6,13H,7-11H2,1-2H3. The van der Waals surface area contributed by atoms with Crippen LogP contribution in [0.4, 0.5) is 14.5 Å². The maximum Gasteiger partial charge on any atom is 0.250 e. The minimum absolute atomic E-state index is 0.0300. The topological polar surface area (TPSA) is 45.6 Å². The maximum atomic E-state index is 13.8. The number of hydrogen-bond donors (Lipinski definition) is 0. The lowest BCUT2D eigenvalue weighted by Gasteiger charge is -2.41. The Morgan fingerprint density at radius 3 is 2.70 bits per heavy atom. The van der Waals surface area contributed by atoms with Crippen LogP contribution in [-0.4, -0.2) is 28.5 Å². The summed E-state index contributed by atoms with van der Waals surface area (Å²) in [5.41, 5.74) is 3.04. The summed E-state index contributed by atoms with van der Waals surface area (Å²) in [7, 11) is 1.73. The van der Waals surface area contributed by atoms with Crippen LogP contribution >= 0.6 is 0 Å². The summed E-state index contributed by atoms with van der Waals surface area (Å²) in [6, 6.07) is 5.74. The highest BCUT2D eigenvalue weighted by atomic mass is 19.2. The molecule has 2 aliphatic heterocycles. The van der Waals surface area contributed by atoms with Gasteiger partial charge >= 0.3 is 0 Å². The molecule has 5 nitrogen and oxygen atoms in total. The zero-order valence-electron chi connectivity index (χ0n) is 15.3. The maximum absolute atomic E-state index is 13.8. The average molecular weight is 373 g/mol. The third-order valence-electron chi connectivity index (χ3n) is 5.63. The van der Waals surface area contributed by atoms with E-state index >= 15 is 0 Å². The number of aryl methyl sites for hydroxylation is 1. The summed E-state index contributed by atoms with van der Waals surface area (Å²) in [6.07, 6.45) is 0.369. The number of pyridine rings is 1. The molecule has 2 aliphatic rings. The van der Waals surface area contributed by atoms with Crippen molar-refractivity contribution >= 4 is 11.6 Å². The first kappa shape index (κ1) is 17.7. The van der Waals surface area contributed by atoms with Crippen LogP contribution in [0, 0.1) is 24.5 Å². The normalized spacial score (nSPS) is 16.4. The Labute approximate surface area is 155 Å². The minimum atomic E-state index is -0.858. The van der Waals surface area contributed by atoms with Crippen molar-refractivity contribution in [1.29, 1.82) is 0 Å². The predicted molar refractivity (Wildman–Crippen MR) is 97.4 cm³/mol. The second-order valence-corrected chi connectivity index (χ2v) is 7.45. The third-order valence-corrected chi connectivity index (χ3v) is 5.63. The molecule has 1 fully saturated rings. The first-order chi connectivity index (χ1) is 12.8. The van der Waals surface area contributed by atoms with Gasteiger partial charge in [0.2, 0.25) is 5.91 Å². The highest BCUT2D eigenvalue weighted by Crippen LogP contribution is 2.31. The highest BCUT2D eigenvalue weighted by Gasteiger charge is 2.34. The fourth-order valence-electron chi connectivity index (χ4n) is 3.96.